The predicted octanol–water partition coefficient (Wildman–Crippen LogP) is 3.20. The molecule has 1 aromatic carbocycles. The van der Waals surface area contributed by atoms with Crippen LogP contribution in [0.25, 0.3) is 0 Å². The van der Waals surface area contributed by atoms with Crippen molar-refractivity contribution in [3.63, 3.8) is 0 Å². The summed E-state index contributed by atoms with van der Waals surface area (Å²) in [5.74, 6) is 0.741. The van der Waals surface area contributed by atoms with Crippen molar-refractivity contribution in [2.45, 2.75) is 57.9 Å². The molecule has 0 saturated heterocycles. The van der Waals surface area contributed by atoms with Crippen molar-refractivity contribution in [1.29, 1.82) is 0 Å². The zero-order chi connectivity index (χ0) is 18.4. The van der Waals surface area contributed by atoms with Gasteiger partial charge in [0.2, 0.25) is 11.8 Å². The highest BCUT2D eigenvalue weighted by Gasteiger charge is 2.31. The average molecular weight is 357 g/mol. The Kier molecular flexibility index (Phi) is 6.67. The maximum Gasteiger partial charge on any atom is 0.227 e. The molecule has 0 spiro atoms. The van der Waals surface area contributed by atoms with Crippen LogP contribution in [0.3, 0.4) is 0 Å². The first-order valence-electron chi connectivity index (χ1n) is 10.0. The Morgan fingerprint density at radius 2 is 1.81 bits per heavy atom. The van der Waals surface area contributed by atoms with E-state index in [1.807, 2.05) is 24.3 Å². The topological polar surface area (TPSA) is 84.2 Å². The summed E-state index contributed by atoms with van der Waals surface area (Å²) < 4.78 is 0. The SMILES string of the molecule is NC[C@H]1CCC[C@H]1C(=O)NCc1cccc(NC(=O)C2CCCCC2)c1. The van der Waals surface area contributed by atoms with Crippen molar-refractivity contribution >= 4 is 17.5 Å². The number of benzene rings is 1. The van der Waals surface area contributed by atoms with Gasteiger partial charge < -0.3 is 16.4 Å². The molecular formula is C21H31N3O2. The molecule has 26 heavy (non-hydrogen) atoms. The van der Waals surface area contributed by atoms with E-state index in [1.54, 1.807) is 0 Å². The fourth-order valence-corrected chi connectivity index (χ4v) is 4.35. The molecule has 0 radical (unpaired) electrons. The summed E-state index contributed by atoms with van der Waals surface area (Å²) in [7, 11) is 0. The van der Waals surface area contributed by atoms with Crippen LogP contribution in [0.4, 0.5) is 5.69 Å². The monoisotopic (exact) mass is 357 g/mol. The molecular weight excluding hydrogens is 326 g/mol. The summed E-state index contributed by atoms with van der Waals surface area (Å²) in [4.78, 5) is 24.8. The zero-order valence-electron chi connectivity index (χ0n) is 15.5. The highest BCUT2D eigenvalue weighted by molar-refractivity contribution is 5.92. The third-order valence-corrected chi connectivity index (χ3v) is 5.94. The minimum Gasteiger partial charge on any atom is -0.352 e. The molecule has 0 aromatic heterocycles. The van der Waals surface area contributed by atoms with Gasteiger partial charge in [-0.05, 0) is 55.8 Å². The molecule has 2 saturated carbocycles. The lowest BCUT2D eigenvalue weighted by Crippen LogP contribution is -2.34. The molecule has 2 aliphatic carbocycles. The van der Waals surface area contributed by atoms with Crippen LogP contribution in [0.1, 0.15) is 56.9 Å². The van der Waals surface area contributed by atoms with E-state index in [4.69, 9.17) is 5.73 Å². The molecule has 2 amide bonds. The Morgan fingerprint density at radius 1 is 1.00 bits per heavy atom. The average Bonchev–Trinajstić information content (AvgIpc) is 3.16. The van der Waals surface area contributed by atoms with E-state index in [0.717, 1.165) is 56.2 Å². The Bertz CT molecular complexity index is 625. The number of anilines is 1. The van der Waals surface area contributed by atoms with Gasteiger partial charge in [0.05, 0.1) is 0 Å². The van der Waals surface area contributed by atoms with Gasteiger partial charge in [0.1, 0.15) is 0 Å². The van der Waals surface area contributed by atoms with Crippen molar-refractivity contribution < 1.29 is 9.59 Å². The molecule has 142 valence electrons. The molecule has 0 heterocycles. The standard InChI is InChI=1S/C21H31N3O2/c22-13-17-9-5-11-19(17)21(26)23-14-15-6-4-10-18(12-15)24-20(25)16-7-2-1-3-8-16/h4,6,10,12,16-17,19H,1-3,5,7-9,11,13-14,22H2,(H,23,26)(H,24,25)/t17-,19-/m1/s1. The van der Waals surface area contributed by atoms with Gasteiger partial charge in [0.25, 0.3) is 0 Å². The summed E-state index contributed by atoms with van der Waals surface area (Å²) in [5, 5.41) is 6.08. The normalized spacial score (nSPS) is 23.6. The lowest BCUT2D eigenvalue weighted by atomic mass is 9.88. The van der Waals surface area contributed by atoms with E-state index in [1.165, 1.54) is 6.42 Å². The fourth-order valence-electron chi connectivity index (χ4n) is 4.35. The summed E-state index contributed by atoms with van der Waals surface area (Å²) in [6.45, 7) is 1.07. The van der Waals surface area contributed by atoms with E-state index < -0.39 is 0 Å². The van der Waals surface area contributed by atoms with E-state index in [2.05, 4.69) is 10.6 Å². The molecule has 2 fully saturated rings. The fraction of sp³-hybridized carbons (Fsp3) is 0.619. The smallest absolute Gasteiger partial charge is 0.227 e. The number of nitrogens with one attached hydrogen (secondary N) is 2. The first-order valence-corrected chi connectivity index (χ1v) is 10.0. The van der Waals surface area contributed by atoms with Crippen LogP contribution in [0, 0.1) is 17.8 Å². The van der Waals surface area contributed by atoms with E-state index in [9.17, 15) is 9.59 Å². The Balaban J connectivity index is 1.52. The van der Waals surface area contributed by atoms with Gasteiger partial charge in [0.15, 0.2) is 0 Å². The molecule has 0 unspecified atom stereocenters. The second kappa shape index (κ2) is 9.17. The van der Waals surface area contributed by atoms with Crippen molar-refractivity contribution in [3.05, 3.63) is 29.8 Å². The van der Waals surface area contributed by atoms with E-state index in [-0.39, 0.29) is 23.7 Å². The van der Waals surface area contributed by atoms with Gasteiger partial charge in [0, 0.05) is 24.1 Å². The molecule has 0 aliphatic heterocycles. The van der Waals surface area contributed by atoms with Gasteiger partial charge >= 0.3 is 0 Å². The van der Waals surface area contributed by atoms with Crippen LogP contribution in [0.5, 0.6) is 0 Å². The number of amides is 2. The predicted molar refractivity (Wildman–Crippen MR) is 103 cm³/mol. The van der Waals surface area contributed by atoms with E-state index in [0.29, 0.717) is 19.0 Å². The highest BCUT2D eigenvalue weighted by Crippen LogP contribution is 2.31. The number of rotatable bonds is 6. The van der Waals surface area contributed by atoms with Crippen LogP contribution in [-0.2, 0) is 16.1 Å². The minimum atomic E-state index is 0.0502. The Hall–Kier alpha value is -1.88. The molecule has 2 aliphatic rings. The van der Waals surface area contributed by atoms with Gasteiger partial charge in [-0.3, -0.25) is 9.59 Å². The third-order valence-electron chi connectivity index (χ3n) is 5.94. The van der Waals surface area contributed by atoms with Crippen molar-refractivity contribution in [2.75, 3.05) is 11.9 Å². The molecule has 5 heteroatoms. The lowest BCUT2D eigenvalue weighted by Gasteiger charge is -2.21. The second-order valence-electron chi connectivity index (χ2n) is 7.78. The molecule has 3 rings (SSSR count). The second-order valence-corrected chi connectivity index (χ2v) is 7.78. The van der Waals surface area contributed by atoms with Crippen molar-refractivity contribution in [1.82, 2.24) is 5.32 Å². The molecule has 5 nitrogen and oxygen atoms in total. The summed E-state index contributed by atoms with van der Waals surface area (Å²) >= 11 is 0. The molecule has 4 N–H and O–H groups in total. The van der Waals surface area contributed by atoms with Crippen LogP contribution in [-0.4, -0.2) is 18.4 Å². The van der Waals surface area contributed by atoms with Crippen molar-refractivity contribution in [3.8, 4) is 0 Å². The maximum atomic E-state index is 12.4. The number of hydrogen-bond acceptors (Lipinski definition) is 3. The molecule has 2 atom stereocenters. The van der Waals surface area contributed by atoms with Gasteiger partial charge in [-0.15, -0.1) is 0 Å². The van der Waals surface area contributed by atoms with Gasteiger partial charge in [-0.25, -0.2) is 0 Å². The van der Waals surface area contributed by atoms with Crippen molar-refractivity contribution in [2.24, 2.45) is 23.5 Å². The number of nitrogens with two attached hydrogens (primary N) is 1. The number of carbonyl (C=O) groups excluding carboxylic acids is 2. The van der Waals surface area contributed by atoms with Crippen LogP contribution in [0.15, 0.2) is 24.3 Å². The van der Waals surface area contributed by atoms with Crippen LogP contribution in [0.2, 0.25) is 0 Å². The van der Waals surface area contributed by atoms with E-state index >= 15 is 0 Å². The molecule has 0 bridgehead atoms. The van der Waals surface area contributed by atoms with Gasteiger partial charge in [-0.2, -0.15) is 0 Å². The summed E-state index contributed by atoms with van der Waals surface area (Å²) in [5.41, 5.74) is 7.59. The third kappa shape index (κ3) is 4.85. The highest BCUT2D eigenvalue weighted by atomic mass is 16.2. The van der Waals surface area contributed by atoms with Crippen LogP contribution >= 0.6 is 0 Å². The quantitative estimate of drug-likeness (QED) is 0.731. The zero-order valence-corrected chi connectivity index (χ0v) is 15.5. The Morgan fingerprint density at radius 3 is 2.58 bits per heavy atom. The lowest BCUT2D eigenvalue weighted by molar-refractivity contribution is -0.126. The summed E-state index contributed by atoms with van der Waals surface area (Å²) in [6.07, 6.45) is 8.59. The maximum absolute atomic E-state index is 12.4. The molecule has 1 aromatic rings. The minimum absolute atomic E-state index is 0.0502. The first kappa shape index (κ1) is 18.9. The van der Waals surface area contributed by atoms with Crippen LogP contribution < -0.4 is 16.4 Å². The summed E-state index contributed by atoms with van der Waals surface area (Å²) in [6, 6.07) is 7.77. The largest absolute Gasteiger partial charge is 0.352 e. The first-order chi connectivity index (χ1) is 12.7. The number of hydrogen-bond donors (Lipinski definition) is 3. The Labute approximate surface area is 156 Å². The van der Waals surface area contributed by atoms with Gasteiger partial charge in [-0.1, -0.05) is 37.8 Å². The number of carbonyl (C=O) groups is 2.